The fourth-order valence-electron chi connectivity index (χ4n) is 1.69. The van der Waals surface area contributed by atoms with Crippen molar-refractivity contribution in [2.45, 2.75) is 6.54 Å². The molecule has 1 N–H and O–H groups in total. The van der Waals surface area contributed by atoms with Crippen LogP contribution in [0.5, 0.6) is 0 Å². The summed E-state index contributed by atoms with van der Waals surface area (Å²) in [5.41, 5.74) is 1.15. The number of carboxylic acids is 1. The van der Waals surface area contributed by atoms with E-state index in [-0.39, 0.29) is 5.56 Å². The molecule has 0 aliphatic carbocycles. The molecule has 6 heteroatoms. The van der Waals surface area contributed by atoms with Gasteiger partial charge in [-0.25, -0.2) is 9.78 Å². The lowest BCUT2D eigenvalue weighted by molar-refractivity contribution is 0.0697. The van der Waals surface area contributed by atoms with Crippen molar-refractivity contribution in [3.8, 4) is 0 Å². The van der Waals surface area contributed by atoms with Crippen LogP contribution in [0.1, 0.15) is 15.4 Å². The van der Waals surface area contributed by atoms with Crippen molar-refractivity contribution in [1.29, 1.82) is 0 Å². The summed E-state index contributed by atoms with van der Waals surface area (Å²) in [5.74, 6) is -0.967. The standard InChI is InChI=1S/C12H9N3O2S/c16-12(17)8-5-13-15(6-8)7-11-14-9-3-1-2-4-10(9)18-11/h1-6H,7H2,(H,16,17). The Bertz CT molecular complexity index is 684. The molecule has 5 nitrogen and oxygen atoms in total. The highest BCUT2D eigenvalue weighted by Gasteiger charge is 2.08. The number of para-hydroxylation sites is 1. The summed E-state index contributed by atoms with van der Waals surface area (Å²) in [6.45, 7) is 0.493. The van der Waals surface area contributed by atoms with Crippen molar-refractivity contribution in [3.05, 3.63) is 47.2 Å². The predicted octanol–water partition coefficient (Wildman–Crippen LogP) is 2.24. The predicted molar refractivity (Wildman–Crippen MR) is 67.9 cm³/mol. The first-order valence-corrected chi connectivity index (χ1v) is 6.14. The first-order valence-electron chi connectivity index (χ1n) is 5.32. The molecule has 1 aromatic carbocycles. The summed E-state index contributed by atoms with van der Waals surface area (Å²) in [6.07, 6.45) is 2.85. The molecule has 0 bridgehead atoms. The number of rotatable bonds is 3. The van der Waals surface area contributed by atoms with E-state index in [1.54, 1.807) is 16.0 Å². The smallest absolute Gasteiger partial charge is 0.338 e. The van der Waals surface area contributed by atoms with Gasteiger partial charge in [0.1, 0.15) is 5.01 Å². The topological polar surface area (TPSA) is 68.0 Å². The number of hydrogen-bond donors (Lipinski definition) is 1. The third-order valence-electron chi connectivity index (χ3n) is 2.52. The Morgan fingerprint density at radius 3 is 2.94 bits per heavy atom. The van der Waals surface area contributed by atoms with Crippen LogP contribution in [0, 0.1) is 0 Å². The van der Waals surface area contributed by atoms with Gasteiger partial charge < -0.3 is 5.11 Å². The van der Waals surface area contributed by atoms with Gasteiger partial charge in [-0.3, -0.25) is 4.68 Å². The maximum atomic E-state index is 10.7. The fourth-order valence-corrected chi connectivity index (χ4v) is 2.65. The quantitative estimate of drug-likeness (QED) is 0.783. The molecule has 3 rings (SSSR count). The molecule has 0 radical (unpaired) electrons. The van der Waals surface area contributed by atoms with Gasteiger partial charge >= 0.3 is 5.97 Å². The number of fused-ring (bicyclic) bond motifs is 1. The summed E-state index contributed by atoms with van der Waals surface area (Å²) in [7, 11) is 0. The maximum absolute atomic E-state index is 10.7. The highest BCUT2D eigenvalue weighted by Crippen LogP contribution is 2.22. The molecule has 0 saturated carbocycles. The van der Waals surface area contributed by atoms with Gasteiger partial charge in [-0.05, 0) is 12.1 Å². The number of thiazole rings is 1. The zero-order chi connectivity index (χ0) is 12.5. The second-order valence-corrected chi connectivity index (χ2v) is 4.92. The first-order chi connectivity index (χ1) is 8.72. The molecule has 0 saturated heterocycles. The molecular weight excluding hydrogens is 250 g/mol. The minimum atomic E-state index is -0.967. The van der Waals surface area contributed by atoms with Gasteiger partial charge in [-0.15, -0.1) is 11.3 Å². The number of nitrogens with zero attached hydrogens (tertiary/aromatic N) is 3. The molecule has 2 aromatic heterocycles. The van der Waals surface area contributed by atoms with Gasteiger partial charge in [0.05, 0.1) is 28.5 Å². The minimum Gasteiger partial charge on any atom is -0.478 e. The van der Waals surface area contributed by atoms with Crippen LogP contribution in [0.3, 0.4) is 0 Å². The van der Waals surface area contributed by atoms with Gasteiger partial charge in [-0.1, -0.05) is 12.1 Å². The third kappa shape index (κ3) is 1.98. The lowest BCUT2D eigenvalue weighted by atomic mass is 10.3. The number of hydrogen-bond acceptors (Lipinski definition) is 4. The second-order valence-electron chi connectivity index (χ2n) is 3.81. The van der Waals surface area contributed by atoms with E-state index in [1.807, 2.05) is 24.3 Å². The molecular formula is C12H9N3O2S. The molecule has 3 aromatic rings. The summed E-state index contributed by atoms with van der Waals surface area (Å²) in [4.78, 5) is 15.2. The van der Waals surface area contributed by atoms with Crippen LogP contribution in [0.15, 0.2) is 36.7 Å². The molecule has 2 heterocycles. The van der Waals surface area contributed by atoms with Crippen LogP contribution < -0.4 is 0 Å². The maximum Gasteiger partial charge on any atom is 0.338 e. The zero-order valence-electron chi connectivity index (χ0n) is 9.28. The Balaban J connectivity index is 1.88. The Morgan fingerprint density at radius 1 is 1.39 bits per heavy atom. The zero-order valence-corrected chi connectivity index (χ0v) is 10.1. The van der Waals surface area contributed by atoms with Gasteiger partial charge in [0.15, 0.2) is 0 Å². The van der Waals surface area contributed by atoms with E-state index in [9.17, 15) is 4.79 Å². The van der Waals surface area contributed by atoms with E-state index in [4.69, 9.17) is 5.11 Å². The second kappa shape index (κ2) is 4.23. The molecule has 0 spiro atoms. The van der Waals surface area contributed by atoms with Gasteiger partial charge in [0.25, 0.3) is 0 Å². The Hall–Kier alpha value is -2.21. The monoisotopic (exact) mass is 259 g/mol. The van der Waals surface area contributed by atoms with Crippen LogP contribution in [-0.4, -0.2) is 25.8 Å². The Labute approximate surface area is 106 Å². The van der Waals surface area contributed by atoms with Crippen molar-refractivity contribution in [1.82, 2.24) is 14.8 Å². The summed E-state index contributed by atoms with van der Waals surface area (Å²) >= 11 is 1.59. The van der Waals surface area contributed by atoms with Crippen LogP contribution in [0.4, 0.5) is 0 Å². The van der Waals surface area contributed by atoms with Crippen molar-refractivity contribution in [2.24, 2.45) is 0 Å². The number of carbonyl (C=O) groups is 1. The number of aromatic carboxylic acids is 1. The van der Waals surface area contributed by atoms with Crippen LogP contribution in [0.2, 0.25) is 0 Å². The number of aromatic nitrogens is 3. The molecule has 0 atom stereocenters. The average Bonchev–Trinajstić information content (AvgIpc) is 2.94. The lowest BCUT2D eigenvalue weighted by Gasteiger charge is -1.95. The molecule has 0 amide bonds. The van der Waals surface area contributed by atoms with Crippen molar-refractivity contribution >= 4 is 27.5 Å². The summed E-state index contributed by atoms with van der Waals surface area (Å²) < 4.78 is 2.71. The molecule has 0 aliphatic heterocycles. The normalized spacial score (nSPS) is 10.9. The first kappa shape index (κ1) is 10.9. The van der Waals surface area contributed by atoms with Gasteiger partial charge in [-0.2, -0.15) is 5.10 Å². The van der Waals surface area contributed by atoms with Crippen molar-refractivity contribution in [3.63, 3.8) is 0 Å². The molecule has 18 heavy (non-hydrogen) atoms. The van der Waals surface area contributed by atoms with Gasteiger partial charge in [0.2, 0.25) is 0 Å². The Morgan fingerprint density at radius 2 is 2.22 bits per heavy atom. The van der Waals surface area contributed by atoms with Crippen LogP contribution in [0.25, 0.3) is 10.2 Å². The van der Waals surface area contributed by atoms with E-state index in [0.29, 0.717) is 6.54 Å². The van der Waals surface area contributed by atoms with Crippen molar-refractivity contribution in [2.75, 3.05) is 0 Å². The third-order valence-corrected chi connectivity index (χ3v) is 3.54. The van der Waals surface area contributed by atoms with Crippen LogP contribution in [-0.2, 0) is 6.54 Å². The SMILES string of the molecule is O=C(O)c1cnn(Cc2nc3ccccc3s2)c1. The molecule has 0 unspecified atom stereocenters. The van der Waals surface area contributed by atoms with Crippen molar-refractivity contribution < 1.29 is 9.90 Å². The number of benzene rings is 1. The largest absolute Gasteiger partial charge is 0.478 e. The number of carboxylic acid groups (broad SMARTS) is 1. The van der Waals surface area contributed by atoms with E-state index in [2.05, 4.69) is 10.1 Å². The Kier molecular flexibility index (Phi) is 2.56. The van der Waals surface area contributed by atoms with E-state index < -0.39 is 5.97 Å². The molecule has 90 valence electrons. The molecule has 0 fully saturated rings. The van der Waals surface area contributed by atoms with Gasteiger partial charge in [0, 0.05) is 6.20 Å². The van der Waals surface area contributed by atoms with E-state index in [0.717, 1.165) is 15.2 Å². The minimum absolute atomic E-state index is 0.191. The van der Waals surface area contributed by atoms with Crippen LogP contribution >= 0.6 is 11.3 Å². The lowest BCUT2D eigenvalue weighted by Crippen LogP contribution is -1.99. The summed E-state index contributed by atoms with van der Waals surface area (Å²) in [6, 6.07) is 7.90. The highest BCUT2D eigenvalue weighted by atomic mass is 32.1. The average molecular weight is 259 g/mol. The van der Waals surface area contributed by atoms with E-state index in [1.165, 1.54) is 12.4 Å². The van der Waals surface area contributed by atoms with E-state index >= 15 is 0 Å². The fraction of sp³-hybridized carbons (Fsp3) is 0.0833. The highest BCUT2D eigenvalue weighted by molar-refractivity contribution is 7.18. The summed E-state index contributed by atoms with van der Waals surface area (Å²) in [5, 5.41) is 13.7. The molecule has 0 aliphatic rings.